The lowest BCUT2D eigenvalue weighted by Gasteiger charge is -2.33. The third-order valence-electron chi connectivity index (χ3n) is 3.99. The largest absolute Gasteiger partial charge is 0.481 e. The summed E-state index contributed by atoms with van der Waals surface area (Å²) in [6.45, 7) is 2.63. The molecule has 1 aliphatic heterocycles. The Labute approximate surface area is 126 Å². The number of aliphatic carboxylic acids is 1. The Hall–Kier alpha value is -2.02. The fourth-order valence-corrected chi connectivity index (χ4v) is 2.53. The maximum Gasteiger partial charge on any atom is 0.306 e. The van der Waals surface area contributed by atoms with Crippen LogP contribution in [0, 0.1) is 17.6 Å². The molecule has 0 radical (unpaired) electrons. The molecule has 1 fully saturated rings. The van der Waals surface area contributed by atoms with Crippen LogP contribution in [-0.2, 0) is 9.59 Å². The molecule has 2 rings (SSSR count). The molecule has 1 aromatic rings. The lowest BCUT2D eigenvalue weighted by atomic mass is 9.96. The molecule has 0 aromatic heterocycles. The quantitative estimate of drug-likeness (QED) is 0.893. The number of hydrogen-bond donors (Lipinski definition) is 2. The molecule has 1 aliphatic rings. The first-order valence-electron chi connectivity index (χ1n) is 7.11. The van der Waals surface area contributed by atoms with Crippen LogP contribution >= 0.6 is 0 Å². The minimum absolute atomic E-state index is 0.197. The summed E-state index contributed by atoms with van der Waals surface area (Å²) >= 11 is 0. The molecule has 5 nitrogen and oxygen atoms in total. The van der Waals surface area contributed by atoms with Gasteiger partial charge >= 0.3 is 5.97 Å². The number of nitrogens with zero attached hydrogens (tertiary/aromatic N) is 1. The first-order valence-corrected chi connectivity index (χ1v) is 7.11. The number of anilines is 1. The molecule has 1 heterocycles. The van der Waals surface area contributed by atoms with E-state index in [0.717, 1.165) is 18.2 Å². The molecule has 2 N–H and O–H groups in total. The summed E-state index contributed by atoms with van der Waals surface area (Å²) in [5.41, 5.74) is -0.197. The maximum absolute atomic E-state index is 13.5. The normalized spacial score (nSPS) is 18.0. The first kappa shape index (κ1) is 16.4. The van der Waals surface area contributed by atoms with E-state index in [2.05, 4.69) is 5.32 Å². The molecule has 7 heteroatoms. The van der Waals surface area contributed by atoms with Crippen molar-refractivity contribution in [3.63, 3.8) is 0 Å². The SMILES string of the molecule is CC(C(=O)Nc1cc(F)ccc1F)N1CCC(C(=O)O)CC1. The van der Waals surface area contributed by atoms with Gasteiger partial charge < -0.3 is 10.4 Å². The Bertz CT molecular complexity index is 572. The highest BCUT2D eigenvalue weighted by molar-refractivity contribution is 5.94. The van der Waals surface area contributed by atoms with E-state index in [9.17, 15) is 18.4 Å². The van der Waals surface area contributed by atoms with Crippen LogP contribution in [0.4, 0.5) is 14.5 Å². The smallest absolute Gasteiger partial charge is 0.306 e. The standard InChI is InChI=1S/C15H18F2N2O3/c1-9(19-6-4-10(5-7-19)15(21)22)14(20)18-13-8-11(16)2-3-12(13)17/h2-3,8-10H,4-7H2,1H3,(H,18,20)(H,21,22). The van der Waals surface area contributed by atoms with Gasteiger partial charge in [-0.05, 0) is 45.0 Å². The third-order valence-corrected chi connectivity index (χ3v) is 3.99. The molecule has 1 saturated heterocycles. The van der Waals surface area contributed by atoms with Crippen LogP contribution in [0.15, 0.2) is 18.2 Å². The van der Waals surface area contributed by atoms with Crippen LogP contribution in [0.1, 0.15) is 19.8 Å². The number of carboxylic acids is 1. The molecule has 1 atom stereocenters. The van der Waals surface area contributed by atoms with E-state index >= 15 is 0 Å². The lowest BCUT2D eigenvalue weighted by molar-refractivity contribution is -0.143. The summed E-state index contributed by atoms with van der Waals surface area (Å²) in [6, 6.07) is 2.31. The first-order chi connectivity index (χ1) is 10.4. The molecule has 1 unspecified atom stereocenters. The predicted molar refractivity (Wildman–Crippen MR) is 76.4 cm³/mol. The molecular formula is C15H18F2N2O3. The van der Waals surface area contributed by atoms with Gasteiger partial charge in [0.15, 0.2) is 0 Å². The van der Waals surface area contributed by atoms with Gasteiger partial charge in [-0.15, -0.1) is 0 Å². The Balaban J connectivity index is 1.95. The number of benzene rings is 1. The number of piperidine rings is 1. The van der Waals surface area contributed by atoms with Crippen molar-refractivity contribution in [3.8, 4) is 0 Å². The third kappa shape index (κ3) is 3.79. The maximum atomic E-state index is 13.5. The van der Waals surface area contributed by atoms with Crippen molar-refractivity contribution in [1.82, 2.24) is 4.90 Å². The van der Waals surface area contributed by atoms with E-state index in [-0.39, 0.29) is 11.6 Å². The molecule has 120 valence electrons. The zero-order chi connectivity index (χ0) is 16.3. The fourth-order valence-electron chi connectivity index (χ4n) is 2.53. The van der Waals surface area contributed by atoms with Crippen LogP contribution in [0.3, 0.4) is 0 Å². The van der Waals surface area contributed by atoms with E-state index in [1.165, 1.54) is 0 Å². The second-order valence-electron chi connectivity index (χ2n) is 5.44. The molecule has 0 bridgehead atoms. The number of carbonyl (C=O) groups is 2. The number of rotatable bonds is 4. The van der Waals surface area contributed by atoms with Crippen molar-refractivity contribution in [2.75, 3.05) is 18.4 Å². The number of hydrogen-bond acceptors (Lipinski definition) is 3. The average Bonchev–Trinajstić information content (AvgIpc) is 2.50. The summed E-state index contributed by atoms with van der Waals surface area (Å²) in [7, 11) is 0. The molecule has 0 saturated carbocycles. The Morgan fingerprint density at radius 2 is 1.95 bits per heavy atom. The zero-order valence-electron chi connectivity index (χ0n) is 12.2. The lowest BCUT2D eigenvalue weighted by Crippen LogP contribution is -2.47. The van der Waals surface area contributed by atoms with Crippen molar-refractivity contribution in [1.29, 1.82) is 0 Å². The van der Waals surface area contributed by atoms with Crippen molar-refractivity contribution in [2.45, 2.75) is 25.8 Å². The van der Waals surface area contributed by atoms with Crippen molar-refractivity contribution in [2.24, 2.45) is 5.92 Å². The topological polar surface area (TPSA) is 69.6 Å². The minimum Gasteiger partial charge on any atom is -0.481 e. The number of likely N-dealkylation sites (tertiary alicyclic amines) is 1. The summed E-state index contributed by atoms with van der Waals surface area (Å²) in [5.74, 6) is -2.98. The van der Waals surface area contributed by atoms with E-state index in [1.807, 2.05) is 4.90 Å². The number of halogens is 2. The van der Waals surface area contributed by atoms with Gasteiger partial charge in [0.1, 0.15) is 11.6 Å². The second-order valence-corrected chi connectivity index (χ2v) is 5.44. The van der Waals surface area contributed by atoms with Crippen molar-refractivity contribution < 1.29 is 23.5 Å². The molecular weight excluding hydrogens is 294 g/mol. The van der Waals surface area contributed by atoms with Gasteiger partial charge in [0.2, 0.25) is 5.91 Å². The number of amides is 1. The highest BCUT2D eigenvalue weighted by Gasteiger charge is 2.29. The summed E-state index contributed by atoms with van der Waals surface area (Å²) in [6.07, 6.45) is 0.947. The van der Waals surface area contributed by atoms with Gasteiger partial charge in [-0.1, -0.05) is 0 Å². The molecule has 1 aromatic carbocycles. The average molecular weight is 312 g/mol. The van der Waals surface area contributed by atoms with Gasteiger partial charge in [-0.25, -0.2) is 8.78 Å². The molecule has 0 spiro atoms. The summed E-state index contributed by atoms with van der Waals surface area (Å²) in [4.78, 5) is 24.9. The molecule has 0 aliphatic carbocycles. The minimum atomic E-state index is -0.821. The summed E-state index contributed by atoms with van der Waals surface area (Å²) < 4.78 is 26.6. The predicted octanol–water partition coefficient (Wildman–Crippen LogP) is 2.09. The van der Waals surface area contributed by atoms with E-state index in [4.69, 9.17) is 5.11 Å². The fraction of sp³-hybridized carbons (Fsp3) is 0.467. The van der Waals surface area contributed by atoms with E-state index in [1.54, 1.807) is 6.92 Å². The van der Waals surface area contributed by atoms with Crippen LogP contribution in [-0.4, -0.2) is 41.0 Å². The second kappa shape index (κ2) is 6.83. The van der Waals surface area contributed by atoms with E-state index in [0.29, 0.717) is 25.9 Å². The van der Waals surface area contributed by atoms with E-state index < -0.39 is 29.6 Å². The van der Waals surface area contributed by atoms with Crippen LogP contribution in [0.25, 0.3) is 0 Å². The number of carboxylic acid groups (broad SMARTS) is 1. The molecule has 1 amide bonds. The van der Waals surface area contributed by atoms with Gasteiger partial charge in [-0.2, -0.15) is 0 Å². The van der Waals surface area contributed by atoms with Gasteiger partial charge in [0.25, 0.3) is 0 Å². The highest BCUT2D eigenvalue weighted by atomic mass is 19.1. The Morgan fingerprint density at radius 1 is 1.32 bits per heavy atom. The Morgan fingerprint density at radius 3 is 2.55 bits per heavy atom. The summed E-state index contributed by atoms with van der Waals surface area (Å²) in [5, 5.41) is 11.3. The van der Waals surface area contributed by atoms with Crippen molar-refractivity contribution >= 4 is 17.6 Å². The van der Waals surface area contributed by atoms with Crippen molar-refractivity contribution in [3.05, 3.63) is 29.8 Å². The van der Waals surface area contributed by atoms with Crippen LogP contribution in [0.2, 0.25) is 0 Å². The number of nitrogens with one attached hydrogen (secondary N) is 1. The number of carbonyl (C=O) groups excluding carboxylic acids is 1. The zero-order valence-corrected chi connectivity index (χ0v) is 12.2. The Kier molecular flexibility index (Phi) is 5.07. The van der Waals surface area contributed by atoms with Gasteiger partial charge in [0, 0.05) is 6.07 Å². The molecule has 22 heavy (non-hydrogen) atoms. The van der Waals surface area contributed by atoms with Gasteiger partial charge in [-0.3, -0.25) is 14.5 Å². The highest BCUT2D eigenvalue weighted by Crippen LogP contribution is 2.21. The van der Waals surface area contributed by atoms with Crippen LogP contribution in [0.5, 0.6) is 0 Å². The van der Waals surface area contributed by atoms with Crippen LogP contribution < -0.4 is 5.32 Å². The van der Waals surface area contributed by atoms with Gasteiger partial charge in [0.05, 0.1) is 17.6 Å². The monoisotopic (exact) mass is 312 g/mol.